The van der Waals surface area contributed by atoms with Gasteiger partial charge in [-0.1, -0.05) is 126 Å². The molecule has 2 aliphatic heterocycles. The van der Waals surface area contributed by atoms with Crippen molar-refractivity contribution in [2.24, 2.45) is 41.4 Å². The summed E-state index contributed by atoms with van der Waals surface area (Å²) in [5.74, 6) is 6.69. The largest absolute Gasteiger partial charge is 0.311 e. The van der Waals surface area contributed by atoms with Gasteiger partial charge in [-0.3, -0.25) is 0 Å². The lowest BCUT2D eigenvalue weighted by molar-refractivity contribution is -0.212. The average Bonchev–Trinajstić information content (AvgIpc) is 3.75. The Bertz CT molecular complexity index is 3120. The third-order valence-corrected chi connectivity index (χ3v) is 21.8. The van der Waals surface area contributed by atoms with E-state index in [-0.39, 0.29) is 39.2 Å². The Hall–Kier alpha value is -4.28. The molecule has 0 spiro atoms. The first kappa shape index (κ1) is 43.5. The number of fused-ring (bicyclic) bond motifs is 7. The summed E-state index contributed by atoms with van der Waals surface area (Å²) < 4.78 is 2.89. The molecule has 8 aliphatic carbocycles. The number of hydrogen-bond acceptors (Lipinski definition) is 3. The molecule has 0 radical (unpaired) electrons. The van der Waals surface area contributed by atoms with Crippen molar-refractivity contribution in [2.75, 3.05) is 9.80 Å². The topological polar surface area (TPSA) is 6.48 Å². The molecular formula is C65H75BN2S. The molecule has 5 aromatic carbocycles. The number of benzene rings is 5. The fourth-order valence-electron chi connectivity index (χ4n) is 17.8. The minimum Gasteiger partial charge on any atom is -0.311 e. The summed E-state index contributed by atoms with van der Waals surface area (Å²) in [5.41, 5.74) is 20.6. The summed E-state index contributed by atoms with van der Waals surface area (Å²) in [6.07, 6.45) is 9.93. The first-order valence-corrected chi connectivity index (χ1v) is 28.1. The second kappa shape index (κ2) is 13.6. The average molecular weight is 927 g/mol. The van der Waals surface area contributed by atoms with E-state index in [1.165, 1.54) is 133 Å². The van der Waals surface area contributed by atoms with Gasteiger partial charge < -0.3 is 9.80 Å². The van der Waals surface area contributed by atoms with E-state index in [2.05, 4.69) is 202 Å². The Morgan fingerprint density at radius 2 is 1.06 bits per heavy atom. The minimum atomic E-state index is 0.00867. The second-order valence-electron chi connectivity index (χ2n) is 28.8. The van der Waals surface area contributed by atoms with Crippen LogP contribution in [0.25, 0.3) is 10.1 Å². The standard InChI is InChI=1S/C65H75BN2S/c1-60(2,3)37-14-18-41(19-15-37)67-53-22-16-39(62(7,8)9)28-52(53)66-57-54(67)29-40(65-32-47-43-24-36-25-44(47)49(34-65)45(26-36)48(43)33-65)30-55(57)68(42-20-21-50-51(31-42)64(12,13)35-63(50,10)11)58-46-27-38(61(4,5)6)17-23-56(46)69-59(58)66/h14-23,27-31,36,43-45,47-49H,24-26,32-35H2,1-13H3. The van der Waals surface area contributed by atoms with Gasteiger partial charge in [0, 0.05) is 43.3 Å². The zero-order valence-corrected chi connectivity index (χ0v) is 44.8. The Morgan fingerprint density at radius 1 is 0.522 bits per heavy atom. The maximum Gasteiger partial charge on any atom is 0.264 e. The Labute approximate surface area is 418 Å². The molecule has 354 valence electrons. The number of thiophene rings is 1. The van der Waals surface area contributed by atoms with Gasteiger partial charge in [0.2, 0.25) is 0 Å². The lowest BCUT2D eigenvalue weighted by Gasteiger charge is -2.72. The van der Waals surface area contributed by atoms with Crippen molar-refractivity contribution in [1.29, 1.82) is 0 Å². The van der Waals surface area contributed by atoms with Gasteiger partial charge in [0.1, 0.15) is 0 Å². The fourth-order valence-corrected chi connectivity index (χ4v) is 19.1. The molecule has 2 nitrogen and oxygen atoms in total. The van der Waals surface area contributed by atoms with Crippen LogP contribution in [0.4, 0.5) is 34.1 Å². The van der Waals surface area contributed by atoms with Crippen LogP contribution in [0, 0.1) is 41.4 Å². The summed E-state index contributed by atoms with van der Waals surface area (Å²) in [4.78, 5) is 5.58. The van der Waals surface area contributed by atoms with Crippen molar-refractivity contribution in [2.45, 2.75) is 167 Å². The van der Waals surface area contributed by atoms with Crippen molar-refractivity contribution in [3.05, 3.63) is 124 Å². The normalized spacial score (nSPS) is 29.5. The maximum atomic E-state index is 2.84. The highest BCUT2D eigenvalue weighted by atomic mass is 32.1. The van der Waals surface area contributed by atoms with E-state index >= 15 is 0 Å². The van der Waals surface area contributed by atoms with Crippen LogP contribution in [0.5, 0.6) is 0 Å². The molecule has 0 unspecified atom stereocenters. The SMILES string of the molecule is CC(C)(C)c1ccc(N2c3ccc(C(C)(C)C)cc3B3c4sc5ccc(C(C)(C)C)cc5c4N(c4ccc5c(c4)C(C)(C)CC5(C)C)c4cc(C56CC7C8CC9CC7C(C5)C(C9)C8C6)cc2c43)cc1. The summed E-state index contributed by atoms with van der Waals surface area (Å²) in [6, 6.07) is 38.2. The molecule has 0 amide bonds. The maximum absolute atomic E-state index is 2.84. The monoisotopic (exact) mass is 927 g/mol. The zero-order valence-electron chi connectivity index (χ0n) is 44.0. The van der Waals surface area contributed by atoms with Gasteiger partial charge in [-0.05, 0) is 218 Å². The van der Waals surface area contributed by atoms with Crippen molar-refractivity contribution in [1.82, 2.24) is 0 Å². The molecular weight excluding hydrogens is 852 g/mol. The van der Waals surface area contributed by atoms with Gasteiger partial charge in [-0.25, -0.2) is 0 Å². The highest BCUT2D eigenvalue weighted by molar-refractivity contribution is 7.33. The summed E-state index contributed by atoms with van der Waals surface area (Å²) in [6.45, 7) is 31.5. The minimum absolute atomic E-state index is 0.00867. The molecule has 10 aliphatic rings. The van der Waals surface area contributed by atoms with Crippen LogP contribution < -0.4 is 25.5 Å². The molecule has 0 atom stereocenters. The number of hydrogen-bond donors (Lipinski definition) is 0. The molecule has 69 heavy (non-hydrogen) atoms. The summed E-state index contributed by atoms with van der Waals surface area (Å²) in [7, 11) is 0. The van der Waals surface area contributed by atoms with Crippen LogP contribution in [-0.4, -0.2) is 6.71 Å². The lowest BCUT2D eigenvalue weighted by Crippen LogP contribution is -2.66. The van der Waals surface area contributed by atoms with Crippen LogP contribution in [0.2, 0.25) is 0 Å². The smallest absolute Gasteiger partial charge is 0.264 e. The highest BCUT2D eigenvalue weighted by Gasteiger charge is 2.68. The van der Waals surface area contributed by atoms with Gasteiger partial charge in [-0.15, -0.1) is 11.3 Å². The first-order chi connectivity index (χ1) is 32.5. The van der Waals surface area contributed by atoms with Crippen molar-refractivity contribution in [3.63, 3.8) is 0 Å². The quantitative estimate of drug-likeness (QED) is 0.163. The Kier molecular flexibility index (Phi) is 8.58. The Morgan fingerprint density at radius 3 is 1.67 bits per heavy atom. The summed E-state index contributed by atoms with van der Waals surface area (Å²) >= 11 is 2.07. The van der Waals surface area contributed by atoms with Gasteiger partial charge in [0.15, 0.2) is 0 Å². The third kappa shape index (κ3) is 5.97. The van der Waals surface area contributed by atoms with E-state index in [9.17, 15) is 0 Å². The molecule has 8 bridgehead atoms. The lowest BCUT2D eigenvalue weighted by atomic mass is 9.32. The Balaban J connectivity index is 1.09. The van der Waals surface area contributed by atoms with Crippen LogP contribution >= 0.6 is 11.3 Å². The molecule has 0 saturated heterocycles. The van der Waals surface area contributed by atoms with E-state index in [0.717, 1.165) is 41.4 Å². The summed E-state index contributed by atoms with van der Waals surface area (Å²) in [5, 5.41) is 1.41. The molecule has 4 heteroatoms. The number of nitrogens with zero attached hydrogens (tertiary/aromatic N) is 2. The number of anilines is 6. The predicted molar refractivity (Wildman–Crippen MR) is 296 cm³/mol. The van der Waals surface area contributed by atoms with Gasteiger partial charge in [-0.2, -0.15) is 0 Å². The van der Waals surface area contributed by atoms with Crippen molar-refractivity contribution < 1.29 is 0 Å². The predicted octanol–water partition coefficient (Wildman–Crippen LogP) is 15.8. The first-order valence-electron chi connectivity index (χ1n) is 27.2. The zero-order chi connectivity index (χ0) is 47.9. The van der Waals surface area contributed by atoms with Gasteiger partial charge in [0.25, 0.3) is 6.71 Å². The number of rotatable bonds is 3. The molecule has 1 aromatic heterocycles. The van der Waals surface area contributed by atoms with Crippen molar-refractivity contribution in [3.8, 4) is 0 Å². The molecule has 6 aromatic rings. The van der Waals surface area contributed by atoms with E-state index in [1.54, 1.807) is 5.56 Å². The van der Waals surface area contributed by atoms with Crippen molar-refractivity contribution >= 4 is 78.0 Å². The van der Waals surface area contributed by atoms with Gasteiger partial charge in [0.05, 0.1) is 5.69 Å². The van der Waals surface area contributed by atoms with Crippen LogP contribution in [0.1, 0.15) is 168 Å². The van der Waals surface area contributed by atoms with E-state index in [1.807, 2.05) is 0 Å². The molecule has 7 saturated carbocycles. The van der Waals surface area contributed by atoms with E-state index in [4.69, 9.17) is 0 Å². The second-order valence-corrected chi connectivity index (χ2v) is 29.8. The molecule has 0 N–H and O–H groups in total. The molecule has 16 rings (SSSR count). The highest BCUT2D eigenvalue weighted by Crippen LogP contribution is 2.75. The fraction of sp³-hybridized carbons (Fsp3) is 0.508. The van der Waals surface area contributed by atoms with E-state index in [0.29, 0.717) is 0 Å². The molecule has 3 heterocycles. The van der Waals surface area contributed by atoms with E-state index < -0.39 is 0 Å². The van der Waals surface area contributed by atoms with Gasteiger partial charge >= 0.3 is 0 Å². The third-order valence-electron chi connectivity index (χ3n) is 20.6. The van der Waals surface area contributed by atoms with Crippen LogP contribution in [0.3, 0.4) is 0 Å². The molecule has 7 fully saturated rings. The van der Waals surface area contributed by atoms with Crippen LogP contribution in [-0.2, 0) is 32.5 Å². The van der Waals surface area contributed by atoms with Crippen LogP contribution in [0.15, 0.2) is 91.0 Å².